The summed E-state index contributed by atoms with van der Waals surface area (Å²) in [6.45, 7) is 9.96. The van der Waals surface area contributed by atoms with Gasteiger partial charge in [-0.15, -0.1) is 0 Å². The average molecular weight is 240 g/mol. The third kappa shape index (κ3) is 3.98. The van der Waals surface area contributed by atoms with E-state index in [2.05, 4.69) is 32.6 Å². The summed E-state index contributed by atoms with van der Waals surface area (Å²) in [6, 6.07) is 0.389. The molecule has 1 fully saturated rings. The first-order valence-electron chi connectivity index (χ1n) is 6.88. The van der Waals surface area contributed by atoms with Gasteiger partial charge >= 0.3 is 0 Å². The zero-order chi connectivity index (χ0) is 13.1. The number of rotatable bonds is 4. The molecule has 0 bridgehead atoms. The standard InChI is InChI=1S/C14H28N2O/c1-5-16(13(17)9-14(2,3)4)12-8-6-7-11(12)10-15/h11-12H,5-10,15H2,1-4H3. The molecule has 0 saturated heterocycles. The molecule has 1 aliphatic carbocycles. The molecule has 1 rings (SSSR count). The highest BCUT2D eigenvalue weighted by Gasteiger charge is 2.33. The Bertz CT molecular complexity index is 257. The van der Waals surface area contributed by atoms with E-state index in [4.69, 9.17) is 5.73 Å². The quantitative estimate of drug-likeness (QED) is 0.820. The fourth-order valence-electron chi connectivity index (χ4n) is 2.85. The van der Waals surface area contributed by atoms with Crippen LogP contribution < -0.4 is 5.73 Å². The van der Waals surface area contributed by atoms with Crippen LogP contribution in [0.5, 0.6) is 0 Å². The number of hydrogen-bond donors (Lipinski definition) is 1. The molecule has 0 aromatic rings. The average Bonchev–Trinajstić information content (AvgIpc) is 2.64. The van der Waals surface area contributed by atoms with Crippen molar-refractivity contribution in [1.29, 1.82) is 0 Å². The minimum absolute atomic E-state index is 0.0708. The van der Waals surface area contributed by atoms with Crippen LogP contribution in [0.3, 0.4) is 0 Å². The van der Waals surface area contributed by atoms with Crippen LogP contribution in [0.15, 0.2) is 0 Å². The van der Waals surface area contributed by atoms with Crippen LogP contribution in [0.2, 0.25) is 0 Å². The Balaban J connectivity index is 2.67. The third-order valence-electron chi connectivity index (χ3n) is 3.66. The predicted molar refractivity (Wildman–Crippen MR) is 71.6 cm³/mol. The van der Waals surface area contributed by atoms with Gasteiger partial charge < -0.3 is 10.6 Å². The fraction of sp³-hybridized carbons (Fsp3) is 0.929. The molecule has 0 aliphatic heterocycles. The normalized spacial score (nSPS) is 25.0. The molecular formula is C14H28N2O. The second-order valence-corrected chi connectivity index (χ2v) is 6.41. The lowest BCUT2D eigenvalue weighted by molar-refractivity contribution is -0.135. The van der Waals surface area contributed by atoms with Crippen molar-refractivity contribution < 1.29 is 4.79 Å². The topological polar surface area (TPSA) is 46.3 Å². The van der Waals surface area contributed by atoms with Crippen LogP contribution in [0.1, 0.15) is 53.4 Å². The summed E-state index contributed by atoms with van der Waals surface area (Å²) >= 11 is 0. The molecular weight excluding hydrogens is 212 g/mol. The number of amides is 1. The second kappa shape index (κ2) is 5.85. The Labute approximate surface area is 106 Å². The third-order valence-corrected chi connectivity index (χ3v) is 3.66. The molecule has 0 radical (unpaired) electrons. The van der Waals surface area contributed by atoms with Crippen molar-refractivity contribution in [2.75, 3.05) is 13.1 Å². The number of nitrogens with two attached hydrogens (primary N) is 1. The van der Waals surface area contributed by atoms with Crippen molar-refractivity contribution in [2.45, 2.75) is 59.4 Å². The molecule has 0 spiro atoms. The van der Waals surface area contributed by atoms with Gasteiger partial charge in [0.15, 0.2) is 0 Å². The summed E-state index contributed by atoms with van der Waals surface area (Å²) < 4.78 is 0. The van der Waals surface area contributed by atoms with E-state index in [1.165, 1.54) is 12.8 Å². The number of nitrogens with zero attached hydrogens (tertiary/aromatic N) is 1. The predicted octanol–water partition coefficient (Wildman–Crippen LogP) is 2.40. The fourth-order valence-corrected chi connectivity index (χ4v) is 2.85. The van der Waals surface area contributed by atoms with E-state index < -0.39 is 0 Å². The SMILES string of the molecule is CCN(C(=O)CC(C)(C)C)C1CCCC1CN. The van der Waals surface area contributed by atoms with Gasteiger partial charge in [-0.3, -0.25) is 4.79 Å². The van der Waals surface area contributed by atoms with Crippen LogP contribution in [-0.4, -0.2) is 29.9 Å². The maximum absolute atomic E-state index is 12.3. The molecule has 1 saturated carbocycles. The first-order chi connectivity index (χ1) is 7.89. The molecule has 17 heavy (non-hydrogen) atoms. The molecule has 1 amide bonds. The van der Waals surface area contributed by atoms with E-state index in [0.717, 1.165) is 13.0 Å². The zero-order valence-corrected chi connectivity index (χ0v) is 11.8. The van der Waals surface area contributed by atoms with E-state index in [9.17, 15) is 4.79 Å². The van der Waals surface area contributed by atoms with E-state index in [1.807, 2.05) is 0 Å². The molecule has 1 aliphatic rings. The van der Waals surface area contributed by atoms with Gasteiger partial charge in [-0.1, -0.05) is 27.2 Å². The molecule has 0 heterocycles. The largest absolute Gasteiger partial charge is 0.340 e. The number of hydrogen-bond acceptors (Lipinski definition) is 2. The van der Waals surface area contributed by atoms with Gasteiger partial charge in [0, 0.05) is 19.0 Å². The molecule has 0 aromatic carbocycles. The highest BCUT2D eigenvalue weighted by atomic mass is 16.2. The summed E-state index contributed by atoms with van der Waals surface area (Å²) in [7, 11) is 0. The van der Waals surface area contributed by atoms with E-state index in [1.54, 1.807) is 0 Å². The summed E-state index contributed by atoms with van der Waals surface area (Å²) in [5, 5.41) is 0. The van der Waals surface area contributed by atoms with Gasteiger partial charge in [-0.25, -0.2) is 0 Å². The van der Waals surface area contributed by atoms with E-state index in [0.29, 0.717) is 30.8 Å². The van der Waals surface area contributed by atoms with Crippen molar-refractivity contribution >= 4 is 5.91 Å². The van der Waals surface area contributed by atoms with Crippen molar-refractivity contribution in [3.8, 4) is 0 Å². The van der Waals surface area contributed by atoms with Gasteiger partial charge in [0.05, 0.1) is 0 Å². The van der Waals surface area contributed by atoms with E-state index >= 15 is 0 Å². The van der Waals surface area contributed by atoms with Gasteiger partial charge in [-0.05, 0) is 37.6 Å². The summed E-state index contributed by atoms with van der Waals surface area (Å²) in [6.07, 6.45) is 4.16. The van der Waals surface area contributed by atoms with Crippen molar-refractivity contribution in [2.24, 2.45) is 17.1 Å². The first-order valence-corrected chi connectivity index (χ1v) is 6.88. The molecule has 2 N–H and O–H groups in total. The molecule has 2 unspecified atom stereocenters. The van der Waals surface area contributed by atoms with Crippen LogP contribution in [0.4, 0.5) is 0 Å². The lowest BCUT2D eigenvalue weighted by Crippen LogP contribution is -2.45. The van der Waals surface area contributed by atoms with E-state index in [-0.39, 0.29) is 5.41 Å². The Morgan fingerprint density at radius 2 is 2.00 bits per heavy atom. The molecule has 3 nitrogen and oxygen atoms in total. The molecule has 100 valence electrons. The van der Waals surface area contributed by atoms with Gasteiger partial charge in [0.25, 0.3) is 0 Å². The smallest absolute Gasteiger partial charge is 0.223 e. The second-order valence-electron chi connectivity index (χ2n) is 6.41. The molecule has 3 heteroatoms. The van der Waals surface area contributed by atoms with Crippen molar-refractivity contribution in [3.05, 3.63) is 0 Å². The van der Waals surface area contributed by atoms with Crippen molar-refractivity contribution in [3.63, 3.8) is 0 Å². The zero-order valence-electron chi connectivity index (χ0n) is 11.8. The minimum atomic E-state index is 0.0708. The maximum Gasteiger partial charge on any atom is 0.223 e. The van der Waals surface area contributed by atoms with Crippen LogP contribution >= 0.6 is 0 Å². The van der Waals surface area contributed by atoms with Gasteiger partial charge in [-0.2, -0.15) is 0 Å². The Morgan fingerprint density at radius 3 is 2.47 bits per heavy atom. The first kappa shape index (κ1) is 14.5. The maximum atomic E-state index is 12.3. The van der Waals surface area contributed by atoms with Crippen LogP contribution in [-0.2, 0) is 4.79 Å². The summed E-state index contributed by atoms with van der Waals surface area (Å²) in [5.74, 6) is 0.809. The molecule has 0 aromatic heterocycles. The highest BCUT2D eigenvalue weighted by Crippen LogP contribution is 2.31. The van der Waals surface area contributed by atoms with Gasteiger partial charge in [0.2, 0.25) is 5.91 Å². The Kier molecular flexibility index (Phi) is 4.99. The monoisotopic (exact) mass is 240 g/mol. The Morgan fingerprint density at radius 1 is 1.35 bits per heavy atom. The summed E-state index contributed by atoms with van der Waals surface area (Å²) in [4.78, 5) is 14.4. The van der Waals surface area contributed by atoms with Crippen molar-refractivity contribution in [1.82, 2.24) is 4.90 Å². The minimum Gasteiger partial charge on any atom is -0.340 e. The lowest BCUT2D eigenvalue weighted by Gasteiger charge is -2.34. The molecule has 2 atom stereocenters. The van der Waals surface area contributed by atoms with Crippen LogP contribution in [0.25, 0.3) is 0 Å². The number of carbonyl (C=O) groups is 1. The number of carbonyl (C=O) groups excluding carboxylic acids is 1. The summed E-state index contributed by atoms with van der Waals surface area (Å²) in [5.41, 5.74) is 5.88. The lowest BCUT2D eigenvalue weighted by atomic mass is 9.90. The van der Waals surface area contributed by atoms with Gasteiger partial charge in [0.1, 0.15) is 0 Å². The highest BCUT2D eigenvalue weighted by molar-refractivity contribution is 5.77. The Hall–Kier alpha value is -0.570. The van der Waals surface area contributed by atoms with Crippen LogP contribution in [0, 0.1) is 11.3 Å².